The van der Waals surface area contributed by atoms with Gasteiger partial charge in [-0.15, -0.1) is 0 Å². The van der Waals surface area contributed by atoms with Crippen LogP contribution in [0.25, 0.3) is 0 Å². The maximum Gasteiger partial charge on any atom is 0.273 e. The molecule has 0 unspecified atom stereocenters. The third-order valence-electron chi connectivity index (χ3n) is 3.92. The van der Waals surface area contributed by atoms with Crippen molar-refractivity contribution in [2.24, 2.45) is 5.92 Å². The molecule has 2 atom stereocenters. The van der Waals surface area contributed by atoms with Crippen LogP contribution in [0.2, 0.25) is 0 Å². The Hall–Kier alpha value is -2.14. The Kier molecular flexibility index (Phi) is 4.01. The number of carbonyl (C=O) groups is 1. The van der Waals surface area contributed by atoms with Gasteiger partial charge in [0.2, 0.25) is 0 Å². The van der Waals surface area contributed by atoms with Crippen molar-refractivity contribution < 1.29 is 9.32 Å². The van der Waals surface area contributed by atoms with E-state index in [2.05, 4.69) is 46.6 Å². The molecule has 110 valence electrons. The first-order valence-electron chi connectivity index (χ1n) is 7.20. The molecule has 5 heteroatoms. The van der Waals surface area contributed by atoms with Gasteiger partial charge in [-0.25, -0.2) is 0 Å². The van der Waals surface area contributed by atoms with Crippen molar-refractivity contribution in [1.82, 2.24) is 15.4 Å². The van der Waals surface area contributed by atoms with Gasteiger partial charge in [-0.05, 0) is 11.5 Å². The highest BCUT2D eigenvalue weighted by Gasteiger charge is 2.31. The summed E-state index contributed by atoms with van der Waals surface area (Å²) in [5, 5.41) is 6.71. The summed E-state index contributed by atoms with van der Waals surface area (Å²) in [6.45, 7) is 4.93. The average Bonchev–Trinajstić information content (AvgIpc) is 3.11. The molecule has 1 amide bonds. The number of hydrogen-bond donors (Lipinski definition) is 1. The van der Waals surface area contributed by atoms with Crippen LogP contribution in [0.15, 0.2) is 47.2 Å². The quantitative estimate of drug-likeness (QED) is 0.932. The fourth-order valence-corrected chi connectivity index (χ4v) is 2.80. The minimum Gasteiger partial charge on any atom is -0.364 e. The number of likely N-dealkylation sites (tertiary alicyclic amines) is 1. The Morgan fingerprint density at radius 2 is 2.14 bits per heavy atom. The molecule has 0 bridgehead atoms. The van der Waals surface area contributed by atoms with Crippen LogP contribution in [0.4, 0.5) is 0 Å². The van der Waals surface area contributed by atoms with Crippen LogP contribution < -0.4 is 5.32 Å². The van der Waals surface area contributed by atoms with E-state index < -0.39 is 0 Å². The highest BCUT2D eigenvalue weighted by atomic mass is 16.5. The van der Waals surface area contributed by atoms with Gasteiger partial charge in [-0.1, -0.05) is 42.4 Å². The summed E-state index contributed by atoms with van der Waals surface area (Å²) in [4.78, 5) is 14.4. The Labute approximate surface area is 123 Å². The number of amides is 1. The van der Waals surface area contributed by atoms with Crippen molar-refractivity contribution in [2.45, 2.75) is 19.5 Å². The van der Waals surface area contributed by atoms with Gasteiger partial charge >= 0.3 is 0 Å². The minimum atomic E-state index is -0.165. The number of carbonyl (C=O) groups excluding carboxylic acids is 1. The van der Waals surface area contributed by atoms with Crippen molar-refractivity contribution in [2.75, 3.05) is 13.1 Å². The van der Waals surface area contributed by atoms with E-state index in [4.69, 9.17) is 4.52 Å². The van der Waals surface area contributed by atoms with Gasteiger partial charge in [-0.3, -0.25) is 9.69 Å². The summed E-state index contributed by atoms with van der Waals surface area (Å²) in [7, 11) is 0. The minimum absolute atomic E-state index is 0.151. The number of nitrogens with zero attached hydrogens (tertiary/aromatic N) is 2. The Balaban J connectivity index is 1.57. The number of nitrogens with one attached hydrogen (secondary N) is 1. The first-order chi connectivity index (χ1) is 10.2. The van der Waals surface area contributed by atoms with E-state index in [9.17, 15) is 4.79 Å². The largest absolute Gasteiger partial charge is 0.364 e. The van der Waals surface area contributed by atoms with Crippen molar-refractivity contribution in [3.63, 3.8) is 0 Å². The lowest BCUT2D eigenvalue weighted by atomic mass is 10.1. The zero-order valence-electron chi connectivity index (χ0n) is 12.0. The van der Waals surface area contributed by atoms with E-state index >= 15 is 0 Å². The summed E-state index contributed by atoms with van der Waals surface area (Å²) in [6.07, 6.45) is 1.41. The van der Waals surface area contributed by atoms with Gasteiger partial charge in [0, 0.05) is 31.7 Å². The van der Waals surface area contributed by atoms with Gasteiger partial charge in [-0.2, -0.15) is 0 Å². The summed E-state index contributed by atoms with van der Waals surface area (Å²) >= 11 is 0. The predicted molar refractivity (Wildman–Crippen MR) is 78.6 cm³/mol. The summed E-state index contributed by atoms with van der Waals surface area (Å²) < 4.78 is 4.71. The van der Waals surface area contributed by atoms with Gasteiger partial charge in [0.25, 0.3) is 5.91 Å². The van der Waals surface area contributed by atoms with E-state index in [1.54, 1.807) is 6.07 Å². The van der Waals surface area contributed by atoms with Gasteiger partial charge in [0.05, 0.1) is 0 Å². The van der Waals surface area contributed by atoms with Crippen LogP contribution in [-0.2, 0) is 6.54 Å². The van der Waals surface area contributed by atoms with E-state index in [0.29, 0.717) is 11.6 Å². The molecular formula is C16H19N3O2. The molecule has 2 aromatic rings. The molecule has 1 aliphatic heterocycles. The van der Waals surface area contributed by atoms with Crippen LogP contribution in [0, 0.1) is 5.92 Å². The molecule has 0 radical (unpaired) electrons. The second-order valence-electron chi connectivity index (χ2n) is 5.62. The van der Waals surface area contributed by atoms with Gasteiger partial charge in [0.1, 0.15) is 6.26 Å². The lowest BCUT2D eigenvalue weighted by molar-refractivity contribution is 0.0922. The van der Waals surface area contributed by atoms with E-state index in [0.717, 1.165) is 19.6 Å². The van der Waals surface area contributed by atoms with Crippen molar-refractivity contribution in [1.29, 1.82) is 0 Å². The van der Waals surface area contributed by atoms with Crippen LogP contribution in [-0.4, -0.2) is 35.1 Å². The molecule has 3 rings (SSSR count). The smallest absolute Gasteiger partial charge is 0.273 e. The molecule has 21 heavy (non-hydrogen) atoms. The Bertz CT molecular complexity index is 583. The zero-order chi connectivity index (χ0) is 14.7. The molecule has 1 aromatic heterocycles. The van der Waals surface area contributed by atoms with Crippen molar-refractivity contribution >= 4 is 5.91 Å². The molecule has 0 spiro atoms. The zero-order valence-corrected chi connectivity index (χ0v) is 12.0. The van der Waals surface area contributed by atoms with Crippen LogP contribution in [0.1, 0.15) is 23.0 Å². The molecule has 2 heterocycles. The van der Waals surface area contributed by atoms with E-state index in [1.165, 1.54) is 11.8 Å². The SMILES string of the molecule is C[C@@H]1CN(Cc2ccccc2)C[C@H]1NC(=O)c1ccon1. The molecule has 1 aromatic carbocycles. The summed E-state index contributed by atoms with van der Waals surface area (Å²) in [5.41, 5.74) is 1.64. The van der Waals surface area contributed by atoms with Gasteiger partial charge in [0.15, 0.2) is 5.69 Å². The molecule has 1 aliphatic rings. The standard InChI is InChI=1S/C16H19N3O2/c1-12-9-19(10-13-5-3-2-4-6-13)11-15(12)17-16(20)14-7-8-21-18-14/h2-8,12,15H,9-11H2,1H3,(H,17,20)/t12-,15-/m1/s1. The average molecular weight is 285 g/mol. The maximum atomic E-state index is 12.0. The summed E-state index contributed by atoms with van der Waals surface area (Å²) in [6, 6.07) is 12.1. The van der Waals surface area contributed by atoms with Crippen molar-refractivity contribution in [3.05, 3.63) is 53.9 Å². The van der Waals surface area contributed by atoms with E-state index in [-0.39, 0.29) is 11.9 Å². The van der Waals surface area contributed by atoms with Crippen LogP contribution in [0.5, 0.6) is 0 Å². The number of hydrogen-bond acceptors (Lipinski definition) is 4. The van der Waals surface area contributed by atoms with E-state index in [1.807, 2.05) is 6.07 Å². The Morgan fingerprint density at radius 1 is 1.33 bits per heavy atom. The highest BCUT2D eigenvalue weighted by molar-refractivity contribution is 5.92. The molecule has 0 saturated carbocycles. The number of rotatable bonds is 4. The van der Waals surface area contributed by atoms with Crippen molar-refractivity contribution in [3.8, 4) is 0 Å². The fraction of sp³-hybridized carbons (Fsp3) is 0.375. The summed E-state index contributed by atoms with van der Waals surface area (Å²) in [5.74, 6) is 0.256. The topological polar surface area (TPSA) is 58.4 Å². The molecule has 5 nitrogen and oxygen atoms in total. The Morgan fingerprint density at radius 3 is 2.86 bits per heavy atom. The van der Waals surface area contributed by atoms with Crippen LogP contribution >= 0.6 is 0 Å². The lowest BCUT2D eigenvalue weighted by Crippen LogP contribution is -2.39. The third kappa shape index (κ3) is 3.31. The second-order valence-corrected chi connectivity index (χ2v) is 5.62. The molecule has 1 saturated heterocycles. The monoisotopic (exact) mass is 285 g/mol. The second kappa shape index (κ2) is 6.10. The first-order valence-corrected chi connectivity index (χ1v) is 7.20. The maximum absolute atomic E-state index is 12.0. The first kappa shape index (κ1) is 13.8. The lowest BCUT2D eigenvalue weighted by Gasteiger charge is -2.16. The van der Waals surface area contributed by atoms with Crippen LogP contribution in [0.3, 0.4) is 0 Å². The predicted octanol–water partition coefficient (Wildman–Crippen LogP) is 1.92. The number of benzene rings is 1. The third-order valence-corrected chi connectivity index (χ3v) is 3.92. The molecular weight excluding hydrogens is 266 g/mol. The highest BCUT2D eigenvalue weighted by Crippen LogP contribution is 2.19. The molecule has 0 aliphatic carbocycles. The normalized spacial score (nSPS) is 22.3. The molecule has 1 N–H and O–H groups in total. The van der Waals surface area contributed by atoms with Gasteiger partial charge < -0.3 is 9.84 Å². The fourth-order valence-electron chi connectivity index (χ4n) is 2.80. The molecule has 1 fully saturated rings. The number of aromatic nitrogens is 1.